The number of nitrogens with zero attached hydrogens (tertiary/aromatic N) is 3. The highest BCUT2D eigenvalue weighted by atomic mass is 15.3. The molecule has 1 saturated heterocycles. The average Bonchev–Trinajstić information content (AvgIpc) is 3.23. The first kappa shape index (κ1) is 19.4. The molecular weight excluding hydrogens is 358 g/mol. The van der Waals surface area contributed by atoms with Crippen molar-refractivity contribution in [1.29, 1.82) is 0 Å². The summed E-state index contributed by atoms with van der Waals surface area (Å²) in [7, 11) is 2.21. The minimum atomic E-state index is 0.428. The number of likely N-dealkylation sites (N-methyl/N-ethyl adjacent to an activating group) is 1. The van der Waals surface area contributed by atoms with Crippen LogP contribution in [-0.4, -0.2) is 47.6 Å². The van der Waals surface area contributed by atoms with E-state index in [1.807, 2.05) is 12.4 Å². The molecule has 29 heavy (non-hydrogen) atoms. The van der Waals surface area contributed by atoms with E-state index >= 15 is 0 Å². The molecule has 1 aromatic carbocycles. The van der Waals surface area contributed by atoms with Gasteiger partial charge in [-0.3, -0.25) is 0 Å². The Morgan fingerprint density at radius 1 is 1.28 bits per heavy atom. The Labute approximate surface area is 173 Å². The highest BCUT2D eigenvalue weighted by molar-refractivity contribution is 5.89. The summed E-state index contributed by atoms with van der Waals surface area (Å²) in [6.07, 6.45) is 6.02. The summed E-state index contributed by atoms with van der Waals surface area (Å²) in [6, 6.07) is 15.3. The van der Waals surface area contributed by atoms with Crippen molar-refractivity contribution < 1.29 is 0 Å². The summed E-state index contributed by atoms with van der Waals surface area (Å²) in [5.74, 6) is 1.66. The van der Waals surface area contributed by atoms with Gasteiger partial charge in [-0.25, -0.2) is 4.98 Å². The zero-order valence-corrected chi connectivity index (χ0v) is 17.4. The maximum Gasteiger partial charge on any atom is 0.139 e. The van der Waals surface area contributed by atoms with Gasteiger partial charge in [0.1, 0.15) is 5.65 Å². The van der Waals surface area contributed by atoms with Crippen LogP contribution in [0.2, 0.25) is 0 Å². The fourth-order valence-electron chi connectivity index (χ4n) is 4.34. The average molecular weight is 390 g/mol. The van der Waals surface area contributed by atoms with E-state index in [1.165, 1.54) is 16.6 Å². The number of likely N-dealkylation sites (tertiary alicyclic amines) is 1. The topological polar surface area (TPSA) is 47.2 Å². The fraction of sp³-hybridized carbons (Fsp3) is 0.375. The van der Waals surface area contributed by atoms with Gasteiger partial charge in [0.15, 0.2) is 0 Å². The molecule has 3 aromatic rings. The number of rotatable bonds is 7. The summed E-state index contributed by atoms with van der Waals surface area (Å²) in [6.45, 7) is 9.62. The molecule has 0 bridgehead atoms. The normalized spacial score (nSPS) is 19.3. The predicted octanol–water partition coefficient (Wildman–Crippen LogP) is 4.01. The molecule has 2 atom stereocenters. The molecule has 4 rings (SSSR count). The molecule has 0 unspecified atom stereocenters. The lowest BCUT2D eigenvalue weighted by Gasteiger charge is -2.44. The molecule has 2 aromatic heterocycles. The summed E-state index contributed by atoms with van der Waals surface area (Å²) >= 11 is 0. The molecule has 5 heteroatoms. The van der Waals surface area contributed by atoms with Crippen LogP contribution in [0.5, 0.6) is 0 Å². The molecule has 1 aliphatic heterocycles. The SMILES string of the molecule is C=C(NCCc1ccccc1)N1CC[C@@H](C)[C@@H](N(C)c2ccnc3[nH]ccc23)C1. The maximum atomic E-state index is 4.43. The lowest BCUT2D eigenvalue weighted by atomic mass is 9.92. The van der Waals surface area contributed by atoms with Crippen molar-refractivity contribution in [3.8, 4) is 0 Å². The summed E-state index contributed by atoms with van der Waals surface area (Å²) in [5, 5.41) is 4.72. The summed E-state index contributed by atoms with van der Waals surface area (Å²) in [5.41, 5.74) is 3.53. The summed E-state index contributed by atoms with van der Waals surface area (Å²) in [4.78, 5) is 12.5. The highest BCUT2D eigenvalue weighted by Crippen LogP contribution is 2.30. The van der Waals surface area contributed by atoms with Gasteiger partial charge in [-0.15, -0.1) is 0 Å². The third-order valence-electron chi connectivity index (χ3n) is 6.20. The fourth-order valence-corrected chi connectivity index (χ4v) is 4.34. The molecule has 0 aliphatic carbocycles. The van der Waals surface area contributed by atoms with Crippen LogP contribution in [0, 0.1) is 5.92 Å². The Bertz CT molecular complexity index is 948. The van der Waals surface area contributed by atoms with E-state index < -0.39 is 0 Å². The van der Waals surface area contributed by atoms with E-state index in [0.717, 1.165) is 43.9 Å². The van der Waals surface area contributed by atoms with E-state index in [4.69, 9.17) is 0 Å². The van der Waals surface area contributed by atoms with E-state index in [1.54, 1.807) is 0 Å². The second-order valence-electron chi connectivity index (χ2n) is 8.07. The van der Waals surface area contributed by atoms with Crippen molar-refractivity contribution in [3.05, 3.63) is 72.8 Å². The Balaban J connectivity index is 1.39. The molecule has 0 amide bonds. The second kappa shape index (κ2) is 8.60. The number of benzene rings is 1. The van der Waals surface area contributed by atoms with Crippen LogP contribution in [-0.2, 0) is 6.42 Å². The van der Waals surface area contributed by atoms with Gasteiger partial charge >= 0.3 is 0 Å². The molecule has 5 nitrogen and oxygen atoms in total. The summed E-state index contributed by atoms with van der Waals surface area (Å²) < 4.78 is 0. The van der Waals surface area contributed by atoms with Crippen LogP contribution in [0.1, 0.15) is 18.9 Å². The first-order valence-corrected chi connectivity index (χ1v) is 10.5. The van der Waals surface area contributed by atoms with E-state index in [9.17, 15) is 0 Å². The molecule has 152 valence electrons. The molecule has 2 N–H and O–H groups in total. The van der Waals surface area contributed by atoms with Crippen LogP contribution >= 0.6 is 0 Å². The monoisotopic (exact) mass is 389 g/mol. The largest absolute Gasteiger partial charge is 0.372 e. The number of hydrogen-bond acceptors (Lipinski definition) is 4. The van der Waals surface area contributed by atoms with Crippen LogP contribution in [0.25, 0.3) is 11.0 Å². The van der Waals surface area contributed by atoms with Gasteiger partial charge in [0.25, 0.3) is 0 Å². The number of fused-ring (bicyclic) bond motifs is 1. The lowest BCUT2D eigenvalue weighted by Crippen LogP contribution is -2.52. The standard InChI is InChI=1S/C24H31N5/c1-18-12-16-29(19(2)25-13-9-20-7-5-4-6-8-20)17-23(18)28(3)22-11-15-27-24-21(22)10-14-26-24/h4-8,10-11,14-15,18,23,25H,2,9,12-13,16-17H2,1,3H3,(H,26,27)/t18-,23+/m1/s1. The predicted molar refractivity (Wildman–Crippen MR) is 121 cm³/mol. The highest BCUT2D eigenvalue weighted by Gasteiger charge is 2.30. The van der Waals surface area contributed by atoms with Crippen LogP contribution in [0.3, 0.4) is 0 Å². The minimum Gasteiger partial charge on any atom is -0.372 e. The molecule has 0 saturated carbocycles. The van der Waals surface area contributed by atoms with Crippen molar-refractivity contribution >= 4 is 16.7 Å². The number of hydrogen-bond donors (Lipinski definition) is 2. The minimum absolute atomic E-state index is 0.428. The molecule has 3 heterocycles. The van der Waals surface area contributed by atoms with Gasteiger partial charge in [-0.05, 0) is 36.5 Å². The maximum absolute atomic E-state index is 4.43. The number of aromatic nitrogens is 2. The third-order valence-corrected chi connectivity index (χ3v) is 6.20. The van der Waals surface area contributed by atoms with Gasteiger partial charge in [0.05, 0.1) is 5.82 Å². The van der Waals surface area contributed by atoms with Crippen molar-refractivity contribution in [2.75, 3.05) is 31.6 Å². The Morgan fingerprint density at radius 2 is 2.10 bits per heavy atom. The number of nitrogens with one attached hydrogen (secondary N) is 2. The van der Waals surface area contributed by atoms with Crippen molar-refractivity contribution in [3.63, 3.8) is 0 Å². The third kappa shape index (κ3) is 4.24. The van der Waals surface area contributed by atoms with Gasteiger partial charge in [-0.2, -0.15) is 0 Å². The Kier molecular flexibility index (Phi) is 5.74. The Hall–Kier alpha value is -2.95. The van der Waals surface area contributed by atoms with E-state index in [-0.39, 0.29) is 0 Å². The van der Waals surface area contributed by atoms with Crippen LogP contribution in [0.15, 0.2) is 67.3 Å². The number of piperidine rings is 1. The first-order valence-electron chi connectivity index (χ1n) is 10.5. The number of pyridine rings is 1. The van der Waals surface area contributed by atoms with E-state index in [2.05, 4.69) is 88.1 Å². The molecule has 0 radical (unpaired) electrons. The number of aromatic amines is 1. The zero-order valence-electron chi connectivity index (χ0n) is 17.4. The molecular formula is C24H31N5. The number of H-pyrrole nitrogens is 1. The van der Waals surface area contributed by atoms with E-state index in [0.29, 0.717) is 12.0 Å². The van der Waals surface area contributed by atoms with Crippen molar-refractivity contribution in [2.24, 2.45) is 5.92 Å². The molecule has 1 aliphatic rings. The van der Waals surface area contributed by atoms with Gasteiger partial charge in [0, 0.05) is 56.2 Å². The Morgan fingerprint density at radius 3 is 2.93 bits per heavy atom. The van der Waals surface area contributed by atoms with Crippen LogP contribution < -0.4 is 10.2 Å². The quantitative estimate of drug-likeness (QED) is 0.641. The zero-order chi connectivity index (χ0) is 20.2. The molecule has 0 spiro atoms. The van der Waals surface area contributed by atoms with Gasteiger partial charge < -0.3 is 20.1 Å². The smallest absolute Gasteiger partial charge is 0.139 e. The first-order chi connectivity index (χ1) is 14.1. The van der Waals surface area contributed by atoms with Gasteiger partial charge in [-0.1, -0.05) is 43.8 Å². The van der Waals surface area contributed by atoms with Crippen molar-refractivity contribution in [2.45, 2.75) is 25.8 Å². The molecule has 1 fully saturated rings. The van der Waals surface area contributed by atoms with Crippen LogP contribution in [0.4, 0.5) is 5.69 Å². The lowest BCUT2D eigenvalue weighted by molar-refractivity contribution is 0.195. The van der Waals surface area contributed by atoms with Gasteiger partial charge in [0.2, 0.25) is 0 Å². The number of anilines is 1. The second-order valence-corrected chi connectivity index (χ2v) is 8.07. The van der Waals surface area contributed by atoms with Crippen molar-refractivity contribution in [1.82, 2.24) is 20.2 Å².